The first-order valence-corrected chi connectivity index (χ1v) is 7.04. The van der Waals surface area contributed by atoms with Gasteiger partial charge in [-0.2, -0.15) is 5.10 Å². The van der Waals surface area contributed by atoms with E-state index in [-0.39, 0.29) is 5.91 Å². The molecule has 0 unspecified atom stereocenters. The van der Waals surface area contributed by atoms with E-state index in [0.29, 0.717) is 27.7 Å². The molecule has 1 N–H and O–H groups in total. The van der Waals surface area contributed by atoms with Gasteiger partial charge in [0.25, 0.3) is 5.91 Å². The Hall–Kier alpha value is -2.53. The Bertz CT molecular complexity index is 840. The van der Waals surface area contributed by atoms with Crippen molar-refractivity contribution in [3.8, 4) is 5.88 Å². The summed E-state index contributed by atoms with van der Waals surface area (Å²) >= 11 is 5.83. The second kappa shape index (κ2) is 5.69. The van der Waals surface area contributed by atoms with Crippen molar-refractivity contribution in [1.82, 2.24) is 9.78 Å². The van der Waals surface area contributed by atoms with Crippen LogP contribution in [-0.2, 0) is 7.05 Å². The zero-order valence-corrected chi connectivity index (χ0v) is 12.9. The van der Waals surface area contributed by atoms with E-state index < -0.39 is 0 Å². The Balaban J connectivity index is 1.89. The third kappa shape index (κ3) is 2.63. The van der Waals surface area contributed by atoms with Crippen molar-refractivity contribution in [2.24, 2.45) is 7.05 Å². The van der Waals surface area contributed by atoms with Crippen molar-refractivity contribution in [2.75, 3.05) is 12.4 Å². The maximum atomic E-state index is 12.3. The lowest BCUT2D eigenvalue weighted by molar-refractivity contribution is 0.102. The van der Waals surface area contributed by atoms with Crippen molar-refractivity contribution in [3.63, 3.8) is 0 Å². The first-order chi connectivity index (χ1) is 10.6. The number of carbonyl (C=O) groups excluding carboxylic acids is 1. The zero-order valence-electron chi connectivity index (χ0n) is 12.1. The summed E-state index contributed by atoms with van der Waals surface area (Å²) in [5.74, 6) is 0.466. The van der Waals surface area contributed by atoms with Crippen molar-refractivity contribution in [1.29, 1.82) is 0 Å². The van der Waals surface area contributed by atoms with Crippen LogP contribution in [0.25, 0.3) is 10.9 Å². The number of benzene rings is 2. The summed E-state index contributed by atoms with van der Waals surface area (Å²) in [4.78, 5) is 12.3. The molecule has 0 fully saturated rings. The van der Waals surface area contributed by atoms with E-state index in [4.69, 9.17) is 16.3 Å². The number of anilines is 1. The van der Waals surface area contributed by atoms with Crippen LogP contribution in [0.5, 0.6) is 5.88 Å². The summed E-state index contributed by atoms with van der Waals surface area (Å²) in [6.45, 7) is 0. The van der Waals surface area contributed by atoms with E-state index in [1.54, 1.807) is 55.2 Å². The molecule has 0 saturated heterocycles. The SMILES string of the molecule is COc1c2ccc(C(=O)Nc3ccc(Cl)cc3)cc2nn1C. The molecular formula is C16H14ClN3O2. The summed E-state index contributed by atoms with van der Waals surface area (Å²) < 4.78 is 6.94. The van der Waals surface area contributed by atoms with Gasteiger partial charge in [0.1, 0.15) is 0 Å². The number of fused-ring (bicyclic) bond motifs is 1. The lowest BCUT2D eigenvalue weighted by atomic mass is 10.1. The fourth-order valence-corrected chi connectivity index (χ4v) is 2.42. The van der Waals surface area contributed by atoms with Gasteiger partial charge in [0.05, 0.1) is 18.0 Å². The number of carbonyl (C=O) groups is 1. The van der Waals surface area contributed by atoms with Gasteiger partial charge in [-0.3, -0.25) is 4.79 Å². The maximum absolute atomic E-state index is 12.3. The third-order valence-electron chi connectivity index (χ3n) is 3.34. The fourth-order valence-electron chi connectivity index (χ4n) is 2.30. The average Bonchev–Trinajstić information content (AvgIpc) is 2.83. The predicted octanol–water partition coefficient (Wildman–Crippen LogP) is 3.49. The molecule has 0 saturated carbocycles. The number of nitrogens with zero attached hydrogens (tertiary/aromatic N) is 2. The van der Waals surface area contributed by atoms with Crippen molar-refractivity contribution < 1.29 is 9.53 Å². The number of nitrogens with one attached hydrogen (secondary N) is 1. The molecule has 6 heteroatoms. The van der Waals surface area contributed by atoms with Crippen LogP contribution in [0.15, 0.2) is 42.5 Å². The van der Waals surface area contributed by atoms with Crippen molar-refractivity contribution in [3.05, 3.63) is 53.1 Å². The number of aryl methyl sites for hydroxylation is 1. The fraction of sp³-hybridized carbons (Fsp3) is 0.125. The molecule has 0 aliphatic heterocycles. The van der Waals surface area contributed by atoms with E-state index in [0.717, 1.165) is 5.39 Å². The summed E-state index contributed by atoms with van der Waals surface area (Å²) in [6.07, 6.45) is 0. The van der Waals surface area contributed by atoms with Crippen LogP contribution in [0.1, 0.15) is 10.4 Å². The van der Waals surface area contributed by atoms with Crippen LogP contribution in [0.2, 0.25) is 5.02 Å². The van der Waals surface area contributed by atoms with Crippen LogP contribution >= 0.6 is 11.6 Å². The second-order valence-corrected chi connectivity index (χ2v) is 5.26. The molecule has 0 radical (unpaired) electrons. The molecule has 2 aromatic carbocycles. The Morgan fingerprint density at radius 3 is 2.64 bits per heavy atom. The number of hydrogen-bond donors (Lipinski definition) is 1. The Morgan fingerprint density at radius 2 is 1.95 bits per heavy atom. The lowest BCUT2D eigenvalue weighted by Crippen LogP contribution is -2.11. The first-order valence-electron chi connectivity index (χ1n) is 6.66. The van der Waals surface area contributed by atoms with E-state index in [9.17, 15) is 4.79 Å². The molecule has 0 spiro atoms. The maximum Gasteiger partial charge on any atom is 0.255 e. The average molecular weight is 316 g/mol. The summed E-state index contributed by atoms with van der Waals surface area (Å²) in [5, 5.41) is 8.66. The number of halogens is 1. The molecule has 3 rings (SSSR count). The van der Waals surface area contributed by atoms with Gasteiger partial charge in [0.2, 0.25) is 5.88 Å². The molecular weight excluding hydrogens is 302 g/mol. The summed E-state index contributed by atoms with van der Waals surface area (Å²) in [7, 11) is 3.39. The highest BCUT2D eigenvalue weighted by atomic mass is 35.5. The Morgan fingerprint density at radius 1 is 1.23 bits per heavy atom. The molecule has 22 heavy (non-hydrogen) atoms. The minimum Gasteiger partial charge on any atom is -0.481 e. The molecule has 0 aliphatic rings. The van der Waals surface area contributed by atoms with Crippen LogP contribution < -0.4 is 10.1 Å². The molecule has 0 aliphatic carbocycles. The van der Waals surface area contributed by atoms with E-state index in [1.807, 2.05) is 6.07 Å². The van der Waals surface area contributed by atoms with E-state index >= 15 is 0 Å². The normalized spacial score (nSPS) is 10.7. The summed E-state index contributed by atoms with van der Waals surface area (Å²) in [6, 6.07) is 12.3. The van der Waals surface area contributed by atoms with Gasteiger partial charge in [0, 0.05) is 23.3 Å². The molecule has 5 nitrogen and oxygen atoms in total. The van der Waals surface area contributed by atoms with Gasteiger partial charge in [-0.05, 0) is 42.5 Å². The number of rotatable bonds is 3. The summed E-state index contributed by atoms with van der Waals surface area (Å²) in [5.41, 5.74) is 1.93. The molecule has 3 aromatic rings. The van der Waals surface area contributed by atoms with Gasteiger partial charge >= 0.3 is 0 Å². The van der Waals surface area contributed by atoms with Gasteiger partial charge in [0.15, 0.2) is 0 Å². The van der Waals surface area contributed by atoms with Crippen LogP contribution in [0, 0.1) is 0 Å². The largest absolute Gasteiger partial charge is 0.481 e. The van der Waals surface area contributed by atoms with Crippen molar-refractivity contribution >= 4 is 34.1 Å². The van der Waals surface area contributed by atoms with Crippen LogP contribution in [0.4, 0.5) is 5.69 Å². The number of amides is 1. The van der Waals surface area contributed by atoms with Gasteiger partial charge in [-0.25, -0.2) is 4.68 Å². The molecule has 112 valence electrons. The molecule has 0 bridgehead atoms. The smallest absolute Gasteiger partial charge is 0.255 e. The van der Waals surface area contributed by atoms with Gasteiger partial charge in [-0.1, -0.05) is 11.6 Å². The quantitative estimate of drug-likeness (QED) is 0.805. The predicted molar refractivity (Wildman–Crippen MR) is 86.7 cm³/mol. The minimum absolute atomic E-state index is 0.200. The topological polar surface area (TPSA) is 56.1 Å². The Labute approximate surface area is 132 Å². The Kier molecular flexibility index (Phi) is 3.73. The van der Waals surface area contributed by atoms with Crippen LogP contribution in [0.3, 0.4) is 0 Å². The monoisotopic (exact) mass is 315 g/mol. The highest BCUT2D eigenvalue weighted by Gasteiger charge is 2.13. The first kappa shape index (κ1) is 14.4. The number of hydrogen-bond acceptors (Lipinski definition) is 3. The molecule has 1 heterocycles. The minimum atomic E-state index is -0.200. The molecule has 0 atom stereocenters. The highest BCUT2D eigenvalue weighted by Crippen LogP contribution is 2.25. The highest BCUT2D eigenvalue weighted by molar-refractivity contribution is 6.30. The zero-order chi connectivity index (χ0) is 15.7. The lowest BCUT2D eigenvalue weighted by Gasteiger charge is -2.05. The third-order valence-corrected chi connectivity index (χ3v) is 3.59. The number of methoxy groups -OCH3 is 1. The van der Waals surface area contributed by atoms with Gasteiger partial charge in [-0.15, -0.1) is 0 Å². The number of aromatic nitrogens is 2. The van der Waals surface area contributed by atoms with E-state index in [1.165, 1.54) is 0 Å². The second-order valence-electron chi connectivity index (χ2n) is 4.83. The molecule has 1 amide bonds. The van der Waals surface area contributed by atoms with E-state index in [2.05, 4.69) is 10.4 Å². The number of ether oxygens (including phenoxy) is 1. The standard InChI is InChI=1S/C16H14ClN3O2/c1-20-16(22-2)13-8-3-10(9-14(13)19-20)15(21)18-12-6-4-11(17)5-7-12/h3-9H,1-2H3,(H,18,21). The van der Waals surface area contributed by atoms with Crippen molar-refractivity contribution in [2.45, 2.75) is 0 Å². The van der Waals surface area contributed by atoms with Gasteiger partial charge < -0.3 is 10.1 Å². The van der Waals surface area contributed by atoms with Crippen LogP contribution in [-0.4, -0.2) is 22.8 Å². The molecule has 1 aromatic heterocycles.